The van der Waals surface area contributed by atoms with E-state index in [4.69, 9.17) is 16.3 Å². The zero-order valence-corrected chi connectivity index (χ0v) is 10.8. The number of hydrogen-bond donors (Lipinski definition) is 1. The van der Waals surface area contributed by atoms with Gasteiger partial charge in [0.25, 0.3) is 0 Å². The fourth-order valence-electron chi connectivity index (χ4n) is 0.950. The van der Waals surface area contributed by atoms with Gasteiger partial charge in [-0.15, -0.1) is 11.6 Å². The summed E-state index contributed by atoms with van der Waals surface area (Å²) in [7, 11) is 1.25. The molecule has 0 aromatic carbocycles. The Morgan fingerprint density at radius 1 is 1.38 bits per heavy atom. The van der Waals surface area contributed by atoms with E-state index in [0.717, 1.165) is 0 Å². The van der Waals surface area contributed by atoms with Crippen molar-refractivity contribution in [2.24, 2.45) is 0 Å². The normalized spacial score (nSPS) is 12.8. The topological polar surface area (TPSA) is 64.6 Å². The lowest BCUT2D eigenvalue weighted by Crippen LogP contribution is -2.44. The molecule has 16 heavy (non-hydrogen) atoms. The van der Waals surface area contributed by atoms with E-state index in [0.29, 0.717) is 6.42 Å². The molecule has 0 heterocycles. The van der Waals surface area contributed by atoms with Crippen LogP contribution in [0.25, 0.3) is 0 Å². The molecule has 0 aliphatic rings. The number of alkyl carbamates (subject to hydrolysis) is 1. The van der Waals surface area contributed by atoms with Gasteiger partial charge in [0.1, 0.15) is 11.6 Å². The van der Waals surface area contributed by atoms with Crippen molar-refractivity contribution in [2.45, 2.75) is 38.8 Å². The van der Waals surface area contributed by atoms with Crippen LogP contribution in [-0.2, 0) is 14.3 Å². The van der Waals surface area contributed by atoms with Crippen molar-refractivity contribution >= 4 is 23.7 Å². The SMILES string of the molecule is COC(=O)[C@@H](CCCl)NC(=O)OC(C)(C)C. The Bertz CT molecular complexity index is 250. The molecule has 0 saturated heterocycles. The molecule has 0 aliphatic heterocycles. The first-order chi connectivity index (χ1) is 7.30. The Morgan fingerprint density at radius 3 is 2.31 bits per heavy atom. The third kappa shape index (κ3) is 6.50. The van der Waals surface area contributed by atoms with Crippen molar-refractivity contribution in [3.8, 4) is 0 Å². The molecule has 5 nitrogen and oxygen atoms in total. The molecule has 0 saturated carbocycles. The fraction of sp³-hybridized carbons (Fsp3) is 0.800. The van der Waals surface area contributed by atoms with Crippen LogP contribution in [0.15, 0.2) is 0 Å². The molecule has 0 fully saturated rings. The third-order valence-corrected chi connectivity index (χ3v) is 1.79. The second-order valence-corrected chi connectivity index (χ2v) is 4.58. The molecule has 0 aromatic heterocycles. The number of methoxy groups -OCH3 is 1. The van der Waals surface area contributed by atoms with Crippen LogP contribution in [0.4, 0.5) is 4.79 Å². The van der Waals surface area contributed by atoms with Gasteiger partial charge in [0.2, 0.25) is 0 Å². The van der Waals surface area contributed by atoms with Crippen molar-refractivity contribution in [1.82, 2.24) is 5.32 Å². The van der Waals surface area contributed by atoms with E-state index in [-0.39, 0.29) is 5.88 Å². The van der Waals surface area contributed by atoms with Crippen molar-refractivity contribution in [2.75, 3.05) is 13.0 Å². The van der Waals surface area contributed by atoms with Crippen molar-refractivity contribution in [3.05, 3.63) is 0 Å². The Labute approximate surface area is 100 Å². The Morgan fingerprint density at radius 2 is 1.94 bits per heavy atom. The predicted molar refractivity (Wildman–Crippen MR) is 60.5 cm³/mol. The van der Waals surface area contributed by atoms with Crippen LogP contribution >= 0.6 is 11.6 Å². The summed E-state index contributed by atoms with van der Waals surface area (Å²) in [6.07, 6.45) is -0.360. The Hall–Kier alpha value is -0.970. The molecule has 0 spiro atoms. The molecule has 0 aromatic rings. The molecule has 6 heteroatoms. The summed E-state index contributed by atoms with van der Waals surface area (Å²) in [6.45, 7) is 5.21. The van der Waals surface area contributed by atoms with Gasteiger partial charge in [0.05, 0.1) is 7.11 Å². The average Bonchev–Trinajstić information content (AvgIpc) is 2.13. The zero-order valence-electron chi connectivity index (χ0n) is 10.0. The molecule has 1 amide bonds. The van der Waals surface area contributed by atoms with Gasteiger partial charge in [0.15, 0.2) is 0 Å². The molecule has 0 bridgehead atoms. The van der Waals surface area contributed by atoms with Crippen LogP contribution in [0.3, 0.4) is 0 Å². The number of halogens is 1. The largest absolute Gasteiger partial charge is 0.467 e. The standard InChI is InChI=1S/C10H18ClNO4/c1-10(2,3)16-9(14)12-7(5-6-11)8(13)15-4/h7H,5-6H2,1-4H3,(H,12,14)/t7-/m1/s1. The number of rotatable bonds is 4. The number of nitrogens with one attached hydrogen (secondary N) is 1. The molecule has 94 valence electrons. The first-order valence-corrected chi connectivity index (χ1v) is 5.47. The summed E-state index contributed by atoms with van der Waals surface area (Å²) < 4.78 is 9.54. The van der Waals surface area contributed by atoms with Gasteiger partial charge in [-0.3, -0.25) is 0 Å². The van der Waals surface area contributed by atoms with Crippen LogP contribution in [0.5, 0.6) is 0 Å². The van der Waals surface area contributed by atoms with E-state index in [9.17, 15) is 9.59 Å². The van der Waals surface area contributed by atoms with Crippen molar-refractivity contribution < 1.29 is 19.1 Å². The van der Waals surface area contributed by atoms with Crippen molar-refractivity contribution in [3.63, 3.8) is 0 Å². The Kier molecular flexibility index (Phi) is 6.18. The monoisotopic (exact) mass is 251 g/mol. The lowest BCUT2D eigenvalue weighted by atomic mass is 10.2. The number of esters is 1. The molecule has 0 radical (unpaired) electrons. The average molecular weight is 252 g/mol. The van der Waals surface area contributed by atoms with Gasteiger partial charge in [0, 0.05) is 5.88 Å². The van der Waals surface area contributed by atoms with E-state index in [1.54, 1.807) is 20.8 Å². The fourth-order valence-corrected chi connectivity index (χ4v) is 1.17. The quantitative estimate of drug-likeness (QED) is 0.610. The van der Waals surface area contributed by atoms with Crippen LogP contribution in [0, 0.1) is 0 Å². The summed E-state index contributed by atoms with van der Waals surface area (Å²) in [5.74, 6) is -0.290. The highest BCUT2D eigenvalue weighted by atomic mass is 35.5. The highest BCUT2D eigenvalue weighted by Gasteiger charge is 2.24. The van der Waals surface area contributed by atoms with Gasteiger partial charge in [-0.2, -0.15) is 0 Å². The van der Waals surface area contributed by atoms with Crippen LogP contribution in [-0.4, -0.2) is 36.7 Å². The minimum Gasteiger partial charge on any atom is -0.467 e. The molecule has 1 N–H and O–H groups in total. The van der Waals surface area contributed by atoms with E-state index in [1.165, 1.54) is 7.11 Å². The highest BCUT2D eigenvalue weighted by Crippen LogP contribution is 2.07. The molecule has 1 atom stereocenters. The molecular weight excluding hydrogens is 234 g/mol. The first-order valence-electron chi connectivity index (χ1n) is 4.93. The number of ether oxygens (including phenoxy) is 2. The molecule has 0 rings (SSSR count). The number of carbonyl (C=O) groups is 2. The lowest BCUT2D eigenvalue weighted by Gasteiger charge is -2.22. The number of amides is 1. The summed E-state index contributed by atoms with van der Waals surface area (Å²) >= 11 is 5.51. The minimum absolute atomic E-state index is 0.246. The summed E-state index contributed by atoms with van der Waals surface area (Å²) in [5.41, 5.74) is -0.605. The summed E-state index contributed by atoms with van der Waals surface area (Å²) in [4.78, 5) is 22.6. The number of hydrogen-bond acceptors (Lipinski definition) is 4. The molecule has 0 aliphatic carbocycles. The second-order valence-electron chi connectivity index (χ2n) is 4.20. The van der Waals surface area contributed by atoms with E-state index in [2.05, 4.69) is 10.1 Å². The predicted octanol–water partition coefficient (Wildman–Crippen LogP) is 1.68. The van der Waals surface area contributed by atoms with Crippen LogP contribution in [0.2, 0.25) is 0 Å². The Balaban J connectivity index is 4.29. The maximum absolute atomic E-state index is 11.4. The van der Waals surface area contributed by atoms with Gasteiger partial charge in [-0.1, -0.05) is 0 Å². The van der Waals surface area contributed by atoms with Crippen LogP contribution in [0.1, 0.15) is 27.2 Å². The van der Waals surface area contributed by atoms with Gasteiger partial charge < -0.3 is 14.8 Å². The van der Waals surface area contributed by atoms with E-state index in [1.807, 2.05) is 0 Å². The lowest BCUT2D eigenvalue weighted by molar-refractivity contribution is -0.143. The van der Waals surface area contributed by atoms with E-state index >= 15 is 0 Å². The number of alkyl halides is 1. The molecular formula is C10H18ClNO4. The first kappa shape index (κ1) is 15.0. The smallest absolute Gasteiger partial charge is 0.408 e. The maximum atomic E-state index is 11.4. The van der Waals surface area contributed by atoms with Gasteiger partial charge in [-0.25, -0.2) is 9.59 Å². The molecule has 0 unspecified atom stereocenters. The highest BCUT2D eigenvalue weighted by molar-refractivity contribution is 6.18. The van der Waals surface area contributed by atoms with Gasteiger partial charge >= 0.3 is 12.1 Å². The number of carbonyl (C=O) groups excluding carboxylic acids is 2. The van der Waals surface area contributed by atoms with Crippen LogP contribution < -0.4 is 5.32 Å². The summed E-state index contributed by atoms with van der Waals surface area (Å²) in [6, 6.07) is -0.766. The third-order valence-electron chi connectivity index (χ3n) is 1.57. The maximum Gasteiger partial charge on any atom is 0.408 e. The minimum atomic E-state index is -0.766. The van der Waals surface area contributed by atoms with Crippen molar-refractivity contribution in [1.29, 1.82) is 0 Å². The van der Waals surface area contributed by atoms with E-state index < -0.39 is 23.7 Å². The zero-order chi connectivity index (χ0) is 12.8. The second kappa shape index (κ2) is 6.58. The summed E-state index contributed by atoms with van der Waals surface area (Å²) in [5, 5.41) is 2.41. The van der Waals surface area contributed by atoms with Gasteiger partial charge in [-0.05, 0) is 27.2 Å².